The number of nitrogen functional groups attached to an aromatic ring is 2. The third-order valence-electron chi connectivity index (χ3n) is 3.18. The standard InChI is InChI=1S/C17H16N4O/c18-14-3-5-15(6-4-14)22-17-13(2-1-8-21-17)10-12-7-9-20-16(19)11-12/h1-9,11H,10,18H2,(H2,19,20). The van der Waals surface area contributed by atoms with E-state index in [-0.39, 0.29) is 0 Å². The summed E-state index contributed by atoms with van der Waals surface area (Å²) in [7, 11) is 0. The van der Waals surface area contributed by atoms with E-state index in [2.05, 4.69) is 9.97 Å². The second kappa shape index (κ2) is 6.13. The smallest absolute Gasteiger partial charge is 0.222 e. The Morgan fingerprint density at radius 1 is 0.909 bits per heavy atom. The molecule has 3 rings (SSSR count). The van der Waals surface area contributed by atoms with Gasteiger partial charge in [0.2, 0.25) is 5.88 Å². The van der Waals surface area contributed by atoms with Gasteiger partial charge in [0.05, 0.1) is 0 Å². The Morgan fingerprint density at radius 3 is 2.50 bits per heavy atom. The second-order valence-corrected chi connectivity index (χ2v) is 4.90. The molecular weight excluding hydrogens is 276 g/mol. The first-order chi connectivity index (χ1) is 10.7. The number of anilines is 2. The predicted octanol–water partition coefficient (Wildman–Crippen LogP) is 3.02. The lowest BCUT2D eigenvalue weighted by Crippen LogP contribution is -1.98. The molecule has 0 aliphatic heterocycles. The molecule has 1 aromatic carbocycles. The summed E-state index contributed by atoms with van der Waals surface area (Å²) in [5.41, 5.74) is 14.1. The highest BCUT2D eigenvalue weighted by atomic mass is 16.5. The number of rotatable bonds is 4. The Hall–Kier alpha value is -3.08. The minimum atomic E-state index is 0.502. The molecule has 22 heavy (non-hydrogen) atoms. The van der Waals surface area contributed by atoms with Crippen molar-refractivity contribution in [1.82, 2.24) is 9.97 Å². The van der Waals surface area contributed by atoms with Crippen LogP contribution in [-0.2, 0) is 6.42 Å². The highest BCUT2D eigenvalue weighted by Crippen LogP contribution is 2.25. The van der Waals surface area contributed by atoms with Crippen molar-refractivity contribution >= 4 is 11.5 Å². The molecule has 0 aliphatic carbocycles. The summed E-state index contributed by atoms with van der Waals surface area (Å²) < 4.78 is 5.85. The Labute approximate surface area is 128 Å². The molecule has 5 heteroatoms. The summed E-state index contributed by atoms with van der Waals surface area (Å²) in [6.45, 7) is 0. The zero-order valence-electron chi connectivity index (χ0n) is 11.9. The SMILES string of the molecule is Nc1ccc(Oc2ncccc2Cc2ccnc(N)c2)cc1. The lowest BCUT2D eigenvalue weighted by atomic mass is 10.1. The maximum atomic E-state index is 5.85. The summed E-state index contributed by atoms with van der Waals surface area (Å²) in [6, 6.07) is 14.9. The van der Waals surface area contributed by atoms with E-state index >= 15 is 0 Å². The van der Waals surface area contributed by atoms with Crippen LogP contribution in [0.5, 0.6) is 11.6 Å². The normalized spacial score (nSPS) is 10.4. The van der Waals surface area contributed by atoms with E-state index in [9.17, 15) is 0 Å². The zero-order valence-corrected chi connectivity index (χ0v) is 11.9. The van der Waals surface area contributed by atoms with Crippen LogP contribution >= 0.6 is 0 Å². The van der Waals surface area contributed by atoms with Gasteiger partial charge in [-0.3, -0.25) is 0 Å². The Balaban J connectivity index is 1.85. The van der Waals surface area contributed by atoms with Gasteiger partial charge in [-0.05, 0) is 48.0 Å². The number of nitrogens with zero attached hydrogens (tertiary/aromatic N) is 2. The lowest BCUT2D eigenvalue weighted by molar-refractivity contribution is 0.457. The average Bonchev–Trinajstić information content (AvgIpc) is 2.51. The van der Waals surface area contributed by atoms with Gasteiger partial charge < -0.3 is 16.2 Å². The van der Waals surface area contributed by atoms with E-state index < -0.39 is 0 Å². The van der Waals surface area contributed by atoms with Crippen LogP contribution in [0.1, 0.15) is 11.1 Å². The molecule has 4 N–H and O–H groups in total. The van der Waals surface area contributed by atoms with Gasteiger partial charge in [-0.25, -0.2) is 9.97 Å². The van der Waals surface area contributed by atoms with Crippen LogP contribution in [0.2, 0.25) is 0 Å². The largest absolute Gasteiger partial charge is 0.439 e. The third kappa shape index (κ3) is 3.32. The van der Waals surface area contributed by atoms with Gasteiger partial charge in [0.15, 0.2) is 0 Å². The molecule has 0 saturated carbocycles. The van der Waals surface area contributed by atoms with Crippen LogP contribution in [0.25, 0.3) is 0 Å². The van der Waals surface area contributed by atoms with Crippen molar-refractivity contribution in [3.8, 4) is 11.6 Å². The second-order valence-electron chi connectivity index (χ2n) is 4.90. The van der Waals surface area contributed by atoms with Crippen LogP contribution in [0.3, 0.4) is 0 Å². The number of aromatic nitrogens is 2. The fourth-order valence-electron chi connectivity index (χ4n) is 2.12. The van der Waals surface area contributed by atoms with Crippen LogP contribution < -0.4 is 16.2 Å². The van der Waals surface area contributed by atoms with Crippen molar-refractivity contribution in [1.29, 1.82) is 0 Å². The van der Waals surface area contributed by atoms with E-state index in [0.29, 0.717) is 29.6 Å². The van der Waals surface area contributed by atoms with Gasteiger partial charge >= 0.3 is 0 Å². The average molecular weight is 292 g/mol. The van der Waals surface area contributed by atoms with Gasteiger partial charge in [0.25, 0.3) is 0 Å². The molecule has 0 bridgehead atoms. The maximum absolute atomic E-state index is 5.85. The number of hydrogen-bond acceptors (Lipinski definition) is 5. The number of benzene rings is 1. The molecule has 3 aromatic rings. The Bertz CT molecular complexity index is 772. The van der Waals surface area contributed by atoms with E-state index in [0.717, 1.165) is 11.1 Å². The zero-order chi connectivity index (χ0) is 15.4. The number of pyridine rings is 2. The Morgan fingerprint density at radius 2 is 1.73 bits per heavy atom. The first-order valence-corrected chi connectivity index (χ1v) is 6.88. The molecule has 0 saturated heterocycles. The first kappa shape index (κ1) is 13.9. The number of ether oxygens (including phenoxy) is 1. The minimum absolute atomic E-state index is 0.502. The van der Waals surface area contributed by atoms with Crippen LogP contribution in [0.4, 0.5) is 11.5 Å². The van der Waals surface area contributed by atoms with Gasteiger partial charge in [-0.2, -0.15) is 0 Å². The predicted molar refractivity (Wildman–Crippen MR) is 86.6 cm³/mol. The van der Waals surface area contributed by atoms with E-state index in [1.165, 1.54) is 0 Å². The molecule has 0 fully saturated rings. The highest BCUT2D eigenvalue weighted by molar-refractivity contribution is 5.44. The molecule has 0 amide bonds. The minimum Gasteiger partial charge on any atom is -0.439 e. The third-order valence-corrected chi connectivity index (χ3v) is 3.18. The highest BCUT2D eigenvalue weighted by Gasteiger charge is 2.07. The summed E-state index contributed by atoms with van der Waals surface area (Å²) in [5.74, 6) is 1.77. The van der Waals surface area contributed by atoms with Gasteiger partial charge in [-0.1, -0.05) is 6.07 Å². The van der Waals surface area contributed by atoms with Gasteiger partial charge in [-0.15, -0.1) is 0 Å². The van der Waals surface area contributed by atoms with E-state index in [4.69, 9.17) is 16.2 Å². The maximum Gasteiger partial charge on any atom is 0.222 e. The molecule has 2 heterocycles. The van der Waals surface area contributed by atoms with Crippen molar-refractivity contribution in [2.45, 2.75) is 6.42 Å². The van der Waals surface area contributed by atoms with Gasteiger partial charge in [0, 0.05) is 30.1 Å². The molecule has 2 aromatic heterocycles. The molecule has 0 radical (unpaired) electrons. The monoisotopic (exact) mass is 292 g/mol. The summed E-state index contributed by atoms with van der Waals surface area (Å²) in [5, 5.41) is 0. The van der Waals surface area contributed by atoms with E-state index in [1.807, 2.05) is 36.4 Å². The Kier molecular flexibility index (Phi) is 3.87. The van der Waals surface area contributed by atoms with Crippen molar-refractivity contribution in [2.24, 2.45) is 0 Å². The first-order valence-electron chi connectivity index (χ1n) is 6.88. The molecule has 0 unspecified atom stereocenters. The van der Waals surface area contributed by atoms with Gasteiger partial charge in [0.1, 0.15) is 11.6 Å². The molecule has 0 aliphatic rings. The van der Waals surface area contributed by atoms with Crippen molar-refractivity contribution in [2.75, 3.05) is 11.5 Å². The van der Waals surface area contributed by atoms with Crippen LogP contribution in [0.15, 0.2) is 60.9 Å². The molecular formula is C17H16N4O. The van der Waals surface area contributed by atoms with Crippen LogP contribution in [0, 0.1) is 0 Å². The number of hydrogen-bond donors (Lipinski definition) is 2. The topological polar surface area (TPSA) is 87.0 Å². The molecule has 110 valence electrons. The van der Waals surface area contributed by atoms with E-state index in [1.54, 1.807) is 24.5 Å². The summed E-state index contributed by atoms with van der Waals surface area (Å²) in [6.07, 6.45) is 4.07. The molecule has 0 atom stereocenters. The fourth-order valence-corrected chi connectivity index (χ4v) is 2.12. The van der Waals surface area contributed by atoms with Crippen molar-refractivity contribution in [3.63, 3.8) is 0 Å². The summed E-state index contributed by atoms with van der Waals surface area (Å²) in [4.78, 5) is 8.31. The van der Waals surface area contributed by atoms with Crippen molar-refractivity contribution in [3.05, 3.63) is 72.1 Å². The van der Waals surface area contributed by atoms with Crippen molar-refractivity contribution < 1.29 is 4.74 Å². The molecule has 5 nitrogen and oxygen atoms in total. The lowest BCUT2D eigenvalue weighted by Gasteiger charge is -2.10. The summed E-state index contributed by atoms with van der Waals surface area (Å²) >= 11 is 0. The number of nitrogens with two attached hydrogens (primary N) is 2. The quantitative estimate of drug-likeness (QED) is 0.722. The molecule has 0 spiro atoms. The van der Waals surface area contributed by atoms with Crippen LogP contribution in [-0.4, -0.2) is 9.97 Å². The fraction of sp³-hybridized carbons (Fsp3) is 0.0588.